The lowest BCUT2D eigenvalue weighted by molar-refractivity contribution is -0.142. The zero-order valence-corrected chi connectivity index (χ0v) is 12.8. The Morgan fingerprint density at radius 1 is 1.19 bits per heavy atom. The molecule has 21 heavy (non-hydrogen) atoms. The second kappa shape index (κ2) is 9.16. The standard InChI is InChI=1S/C17H25NO3/c1-3-4-10-15(17(20)21)18-16(19)12-11-13(2)14-8-6-5-7-9-14/h5-9,13,15H,3-4,10-12H2,1-2H3,(H,18,19)(H,20,21)/t13?,15-/m0/s1. The Hall–Kier alpha value is -1.84. The first-order valence-electron chi connectivity index (χ1n) is 7.61. The van der Waals surface area contributed by atoms with Gasteiger partial charge >= 0.3 is 5.97 Å². The molecule has 2 atom stereocenters. The van der Waals surface area contributed by atoms with Crippen molar-refractivity contribution in [2.45, 2.75) is 57.9 Å². The highest BCUT2D eigenvalue weighted by Gasteiger charge is 2.19. The molecule has 0 saturated heterocycles. The number of rotatable bonds is 9. The van der Waals surface area contributed by atoms with Crippen molar-refractivity contribution in [1.29, 1.82) is 0 Å². The van der Waals surface area contributed by atoms with E-state index in [1.165, 1.54) is 5.56 Å². The van der Waals surface area contributed by atoms with Crippen LogP contribution in [0.4, 0.5) is 0 Å². The van der Waals surface area contributed by atoms with Crippen LogP contribution in [0.5, 0.6) is 0 Å². The van der Waals surface area contributed by atoms with Gasteiger partial charge in [-0.3, -0.25) is 4.79 Å². The molecular formula is C17H25NO3. The van der Waals surface area contributed by atoms with E-state index in [4.69, 9.17) is 5.11 Å². The third kappa shape index (κ3) is 6.43. The van der Waals surface area contributed by atoms with Gasteiger partial charge in [-0.15, -0.1) is 0 Å². The highest BCUT2D eigenvalue weighted by molar-refractivity contribution is 5.83. The van der Waals surface area contributed by atoms with Crippen molar-refractivity contribution in [3.63, 3.8) is 0 Å². The minimum atomic E-state index is -0.951. The van der Waals surface area contributed by atoms with E-state index in [1.807, 2.05) is 37.3 Å². The lowest BCUT2D eigenvalue weighted by atomic mass is 9.96. The van der Waals surface area contributed by atoms with Gasteiger partial charge in [0.05, 0.1) is 0 Å². The van der Waals surface area contributed by atoms with Crippen molar-refractivity contribution in [3.8, 4) is 0 Å². The van der Waals surface area contributed by atoms with E-state index >= 15 is 0 Å². The molecule has 4 heteroatoms. The zero-order valence-electron chi connectivity index (χ0n) is 12.8. The summed E-state index contributed by atoms with van der Waals surface area (Å²) in [5.41, 5.74) is 1.20. The van der Waals surface area contributed by atoms with Crippen LogP contribution in [0.25, 0.3) is 0 Å². The molecule has 0 aliphatic rings. The molecule has 1 amide bonds. The Bertz CT molecular complexity index is 445. The Morgan fingerprint density at radius 3 is 2.43 bits per heavy atom. The van der Waals surface area contributed by atoms with Crippen LogP contribution < -0.4 is 5.32 Å². The number of unbranched alkanes of at least 4 members (excludes halogenated alkanes) is 1. The van der Waals surface area contributed by atoms with E-state index in [-0.39, 0.29) is 11.8 Å². The van der Waals surface area contributed by atoms with E-state index in [0.29, 0.717) is 12.8 Å². The smallest absolute Gasteiger partial charge is 0.326 e. The summed E-state index contributed by atoms with van der Waals surface area (Å²) in [7, 11) is 0. The van der Waals surface area contributed by atoms with Crippen LogP contribution in [0.15, 0.2) is 30.3 Å². The van der Waals surface area contributed by atoms with Gasteiger partial charge < -0.3 is 10.4 Å². The van der Waals surface area contributed by atoms with Crippen LogP contribution in [0.3, 0.4) is 0 Å². The molecule has 116 valence electrons. The van der Waals surface area contributed by atoms with Crippen molar-refractivity contribution in [2.24, 2.45) is 0 Å². The first-order valence-corrected chi connectivity index (χ1v) is 7.61. The van der Waals surface area contributed by atoms with Crippen LogP contribution in [-0.4, -0.2) is 23.0 Å². The van der Waals surface area contributed by atoms with E-state index in [2.05, 4.69) is 12.2 Å². The molecule has 0 aliphatic carbocycles. The van der Waals surface area contributed by atoms with Crippen molar-refractivity contribution in [2.75, 3.05) is 0 Å². The van der Waals surface area contributed by atoms with Crippen LogP contribution >= 0.6 is 0 Å². The number of hydrogen-bond acceptors (Lipinski definition) is 2. The maximum Gasteiger partial charge on any atom is 0.326 e. The molecule has 0 radical (unpaired) electrons. The minimum absolute atomic E-state index is 0.179. The number of aliphatic carboxylic acids is 1. The van der Waals surface area contributed by atoms with Crippen LogP contribution in [0.1, 0.15) is 57.4 Å². The van der Waals surface area contributed by atoms with Gasteiger partial charge in [-0.1, -0.05) is 57.0 Å². The molecule has 2 N–H and O–H groups in total. The number of carbonyl (C=O) groups is 2. The molecule has 0 bridgehead atoms. The number of carbonyl (C=O) groups excluding carboxylic acids is 1. The van der Waals surface area contributed by atoms with Crippen LogP contribution in [-0.2, 0) is 9.59 Å². The number of nitrogens with one attached hydrogen (secondary N) is 1. The molecular weight excluding hydrogens is 266 g/mol. The fourth-order valence-corrected chi connectivity index (χ4v) is 2.23. The third-order valence-electron chi connectivity index (χ3n) is 3.65. The summed E-state index contributed by atoms with van der Waals surface area (Å²) in [4.78, 5) is 23.0. The first kappa shape index (κ1) is 17.2. The topological polar surface area (TPSA) is 66.4 Å². The monoisotopic (exact) mass is 291 g/mol. The fraction of sp³-hybridized carbons (Fsp3) is 0.529. The largest absolute Gasteiger partial charge is 0.480 e. The van der Waals surface area contributed by atoms with E-state index in [1.54, 1.807) is 0 Å². The molecule has 0 spiro atoms. The summed E-state index contributed by atoms with van der Waals surface area (Å²) in [6.45, 7) is 4.08. The molecule has 0 heterocycles. The maximum atomic E-state index is 11.9. The van der Waals surface area contributed by atoms with E-state index in [9.17, 15) is 9.59 Å². The fourth-order valence-electron chi connectivity index (χ4n) is 2.23. The highest BCUT2D eigenvalue weighted by Crippen LogP contribution is 2.19. The molecule has 4 nitrogen and oxygen atoms in total. The number of carboxylic acid groups (broad SMARTS) is 1. The predicted octanol–water partition coefficient (Wildman–Crippen LogP) is 3.33. The first-order chi connectivity index (χ1) is 10.0. The molecule has 0 saturated carbocycles. The minimum Gasteiger partial charge on any atom is -0.480 e. The highest BCUT2D eigenvalue weighted by atomic mass is 16.4. The van der Waals surface area contributed by atoms with E-state index < -0.39 is 12.0 Å². The Labute approximate surface area is 126 Å². The Balaban J connectivity index is 2.40. The summed E-state index contributed by atoms with van der Waals surface area (Å²) < 4.78 is 0. The maximum absolute atomic E-state index is 11.9. The number of carboxylic acids is 1. The van der Waals surface area contributed by atoms with Gasteiger partial charge in [-0.25, -0.2) is 4.79 Å². The number of benzene rings is 1. The summed E-state index contributed by atoms with van der Waals surface area (Å²) in [5.74, 6) is -0.843. The summed E-state index contributed by atoms with van der Waals surface area (Å²) in [6, 6.07) is 9.26. The third-order valence-corrected chi connectivity index (χ3v) is 3.65. The van der Waals surface area contributed by atoms with Crippen molar-refractivity contribution in [1.82, 2.24) is 5.32 Å². The van der Waals surface area contributed by atoms with Gasteiger partial charge in [0, 0.05) is 6.42 Å². The SMILES string of the molecule is CCCC[C@H](NC(=O)CCC(C)c1ccccc1)C(=O)O. The van der Waals surface area contributed by atoms with Gasteiger partial charge in [0.25, 0.3) is 0 Å². The normalized spacial score (nSPS) is 13.4. The number of hydrogen-bond donors (Lipinski definition) is 2. The van der Waals surface area contributed by atoms with Gasteiger partial charge in [-0.2, -0.15) is 0 Å². The molecule has 1 aromatic carbocycles. The second-order valence-corrected chi connectivity index (χ2v) is 5.45. The lowest BCUT2D eigenvalue weighted by Crippen LogP contribution is -2.40. The average molecular weight is 291 g/mol. The van der Waals surface area contributed by atoms with Crippen molar-refractivity contribution in [3.05, 3.63) is 35.9 Å². The molecule has 0 fully saturated rings. The number of amides is 1. The molecule has 1 rings (SSSR count). The van der Waals surface area contributed by atoms with Crippen LogP contribution in [0.2, 0.25) is 0 Å². The van der Waals surface area contributed by atoms with Gasteiger partial charge in [0.15, 0.2) is 0 Å². The second-order valence-electron chi connectivity index (χ2n) is 5.45. The summed E-state index contributed by atoms with van der Waals surface area (Å²) >= 11 is 0. The van der Waals surface area contributed by atoms with Gasteiger partial charge in [0.1, 0.15) is 6.04 Å². The van der Waals surface area contributed by atoms with Gasteiger partial charge in [-0.05, 0) is 24.3 Å². The Kier molecular flexibility index (Phi) is 7.51. The van der Waals surface area contributed by atoms with Crippen molar-refractivity contribution >= 4 is 11.9 Å². The lowest BCUT2D eigenvalue weighted by Gasteiger charge is -2.15. The summed E-state index contributed by atoms with van der Waals surface area (Å²) in [5, 5.41) is 11.7. The van der Waals surface area contributed by atoms with Crippen LogP contribution in [0, 0.1) is 0 Å². The van der Waals surface area contributed by atoms with Crippen molar-refractivity contribution < 1.29 is 14.7 Å². The molecule has 1 unspecified atom stereocenters. The predicted molar refractivity (Wildman–Crippen MR) is 83.2 cm³/mol. The average Bonchev–Trinajstić information content (AvgIpc) is 2.49. The summed E-state index contributed by atoms with van der Waals surface area (Å²) in [6.07, 6.45) is 3.29. The zero-order chi connectivity index (χ0) is 15.7. The Morgan fingerprint density at radius 2 is 1.86 bits per heavy atom. The van der Waals surface area contributed by atoms with E-state index in [0.717, 1.165) is 19.3 Å². The molecule has 0 aromatic heterocycles. The molecule has 0 aliphatic heterocycles. The molecule has 1 aromatic rings. The quantitative estimate of drug-likeness (QED) is 0.733. The van der Waals surface area contributed by atoms with Gasteiger partial charge in [0.2, 0.25) is 5.91 Å².